The normalized spacial score (nSPS) is 10.8. The van der Waals surface area contributed by atoms with Crippen LogP contribution in [0.4, 0.5) is 4.39 Å². The van der Waals surface area contributed by atoms with E-state index in [1.165, 1.54) is 12.1 Å². The van der Waals surface area contributed by atoms with Crippen LogP contribution in [0.3, 0.4) is 0 Å². The van der Waals surface area contributed by atoms with E-state index in [0.29, 0.717) is 34.1 Å². The number of halogens is 1. The van der Waals surface area contributed by atoms with Crippen molar-refractivity contribution in [2.75, 3.05) is 0 Å². The molecule has 4 nitrogen and oxygen atoms in total. The van der Waals surface area contributed by atoms with Crippen LogP contribution in [-0.4, -0.2) is 15.8 Å². The largest absolute Gasteiger partial charge is 0.384 e. The van der Waals surface area contributed by atoms with Gasteiger partial charge < -0.3 is 5.73 Å². The summed E-state index contributed by atoms with van der Waals surface area (Å²) in [7, 11) is 0. The minimum absolute atomic E-state index is 0.117. The number of nitrogens with zero attached hydrogens (tertiary/aromatic N) is 2. The molecule has 0 spiro atoms. The van der Waals surface area contributed by atoms with E-state index in [-0.39, 0.29) is 11.7 Å². The molecule has 3 aromatic rings. The number of aryl methyl sites for hydroxylation is 1. The number of benzene rings is 1. The van der Waals surface area contributed by atoms with Crippen molar-refractivity contribution in [1.82, 2.24) is 9.97 Å². The highest BCUT2D eigenvalue weighted by atomic mass is 19.1. The van der Waals surface area contributed by atoms with Crippen LogP contribution >= 0.6 is 0 Å². The zero-order chi connectivity index (χ0) is 15.7. The van der Waals surface area contributed by atoms with Gasteiger partial charge in [-0.3, -0.25) is 15.4 Å². The van der Waals surface area contributed by atoms with Crippen LogP contribution in [0.5, 0.6) is 0 Å². The van der Waals surface area contributed by atoms with Gasteiger partial charge in [-0.05, 0) is 36.8 Å². The van der Waals surface area contributed by atoms with Crippen molar-refractivity contribution in [2.24, 2.45) is 5.73 Å². The summed E-state index contributed by atoms with van der Waals surface area (Å²) in [5.74, 6) is -0.499. The van der Waals surface area contributed by atoms with Gasteiger partial charge >= 0.3 is 0 Å². The molecule has 110 valence electrons. The molecule has 1 aromatic carbocycles. The summed E-state index contributed by atoms with van der Waals surface area (Å²) >= 11 is 0. The average Bonchev–Trinajstić information content (AvgIpc) is 2.53. The van der Waals surface area contributed by atoms with Crippen LogP contribution in [0.1, 0.15) is 18.2 Å². The number of rotatable bonds is 3. The van der Waals surface area contributed by atoms with Crippen LogP contribution in [0.15, 0.2) is 42.6 Å². The quantitative estimate of drug-likeness (QED) is 0.575. The first-order valence-electron chi connectivity index (χ1n) is 6.99. The number of nitrogens with two attached hydrogens (primary N) is 1. The number of hydrogen-bond acceptors (Lipinski definition) is 3. The minimum Gasteiger partial charge on any atom is -0.384 e. The molecule has 0 aliphatic heterocycles. The average molecular weight is 294 g/mol. The number of aromatic nitrogens is 2. The number of nitrogen functional groups attached to an aromatic ring is 1. The molecule has 0 saturated heterocycles. The van der Waals surface area contributed by atoms with E-state index in [2.05, 4.69) is 9.97 Å². The van der Waals surface area contributed by atoms with Crippen molar-refractivity contribution in [1.29, 1.82) is 5.41 Å². The van der Waals surface area contributed by atoms with E-state index in [4.69, 9.17) is 11.1 Å². The lowest BCUT2D eigenvalue weighted by Gasteiger charge is -2.15. The van der Waals surface area contributed by atoms with Gasteiger partial charge in [-0.25, -0.2) is 4.39 Å². The standard InChI is InChI=1S/C17H15FN4/c1-2-12-16(14-5-3-4-8-21-14)15(17(19)20)11-9-10(18)6-7-13(11)22-12/h3-9H,2H2,1H3,(H3,19,20). The SMILES string of the molecule is CCc1nc2ccc(F)cc2c(C(=N)N)c1-c1ccccn1. The Hall–Kier alpha value is -2.82. The van der Waals surface area contributed by atoms with E-state index in [1.807, 2.05) is 25.1 Å². The summed E-state index contributed by atoms with van der Waals surface area (Å²) < 4.78 is 13.6. The van der Waals surface area contributed by atoms with Gasteiger partial charge in [0.2, 0.25) is 0 Å². The van der Waals surface area contributed by atoms with Crippen LogP contribution in [-0.2, 0) is 6.42 Å². The highest BCUT2D eigenvalue weighted by molar-refractivity contribution is 6.12. The molecular weight excluding hydrogens is 279 g/mol. The topological polar surface area (TPSA) is 75.7 Å². The first-order valence-corrected chi connectivity index (χ1v) is 6.99. The summed E-state index contributed by atoms with van der Waals surface area (Å²) in [5.41, 5.74) is 9.09. The number of pyridine rings is 2. The molecule has 5 heteroatoms. The van der Waals surface area contributed by atoms with Gasteiger partial charge in [-0.1, -0.05) is 13.0 Å². The molecule has 2 heterocycles. The van der Waals surface area contributed by atoms with Crippen molar-refractivity contribution in [3.63, 3.8) is 0 Å². The predicted octanol–water partition coefficient (Wildman–Crippen LogP) is 3.28. The second kappa shape index (κ2) is 5.52. The second-order valence-corrected chi connectivity index (χ2v) is 4.95. The smallest absolute Gasteiger partial charge is 0.124 e. The molecule has 0 bridgehead atoms. The maximum absolute atomic E-state index is 13.6. The third-order valence-electron chi connectivity index (χ3n) is 3.55. The van der Waals surface area contributed by atoms with Crippen LogP contribution in [0.25, 0.3) is 22.2 Å². The highest BCUT2D eigenvalue weighted by Crippen LogP contribution is 2.31. The molecule has 0 fully saturated rings. The first kappa shape index (κ1) is 14.1. The van der Waals surface area contributed by atoms with Gasteiger partial charge in [-0.15, -0.1) is 0 Å². The van der Waals surface area contributed by atoms with Crippen molar-refractivity contribution >= 4 is 16.7 Å². The molecule has 0 amide bonds. The Labute approximate surface area is 127 Å². The zero-order valence-corrected chi connectivity index (χ0v) is 12.1. The van der Waals surface area contributed by atoms with E-state index in [0.717, 1.165) is 5.69 Å². The Balaban J connectivity index is 2.48. The van der Waals surface area contributed by atoms with Gasteiger partial charge in [0, 0.05) is 22.7 Å². The fraction of sp³-hybridized carbons (Fsp3) is 0.118. The van der Waals surface area contributed by atoms with Gasteiger partial charge in [0.1, 0.15) is 11.7 Å². The molecule has 0 radical (unpaired) electrons. The Morgan fingerprint density at radius 1 is 1.27 bits per heavy atom. The summed E-state index contributed by atoms with van der Waals surface area (Å²) in [5, 5.41) is 8.48. The molecule has 0 atom stereocenters. The fourth-order valence-corrected chi connectivity index (χ4v) is 2.61. The van der Waals surface area contributed by atoms with Gasteiger partial charge in [0.05, 0.1) is 16.9 Å². The zero-order valence-electron chi connectivity index (χ0n) is 12.1. The van der Waals surface area contributed by atoms with Crippen LogP contribution in [0.2, 0.25) is 0 Å². The molecule has 22 heavy (non-hydrogen) atoms. The Bertz CT molecular complexity index is 859. The molecule has 3 rings (SSSR count). The molecular formula is C17H15FN4. The Morgan fingerprint density at radius 2 is 2.09 bits per heavy atom. The third-order valence-corrected chi connectivity index (χ3v) is 3.55. The maximum Gasteiger partial charge on any atom is 0.124 e. The fourth-order valence-electron chi connectivity index (χ4n) is 2.61. The minimum atomic E-state index is -0.381. The van der Waals surface area contributed by atoms with E-state index < -0.39 is 0 Å². The summed E-state index contributed by atoms with van der Waals surface area (Å²) in [6.45, 7) is 1.98. The second-order valence-electron chi connectivity index (χ2n) is 4.95. The van der Waals surface area contributed by atoms with E-state index in [1.54, 1.807) is 12.3 Å². The molecule has 0 unspecified atom stereocenters. The lowest BCUT2D eigenvalue weighted by atomic mass is 9.95. The summed E-state index contributed by atoms with van der Waals surface area (Å²) in [4.78, 5) is 8.94. The molecule has 0 aliphatic carbocycles. The van der Waals surface area contributed by atoms with Crippen molar-refractivity contribution < 1.29 is 4.39 Å². The maximum atomic E-state index is 13.6. The summed E-state index contributed by atoms with van der Waals surface area (Å²) in [6, 6.07) is 9.86. The van der Waals surface area contributed by atoms with Crippen molar-refractivity contribution in [2.45, 2.75) is 13.3 Å². The lowest BCUT2D eigenvalue weighted by Crippen LogP contribution is -2.15. The van der Waals surface area contributed by atoms with Crippen LogP contribution in [0, 0.1) is 11.2 Å². The molecule has 0 aliphatic rings. The van der Waals surface area contributed by atoms with Gasteiger partial charge in [0.15, 0.2) is 0 Å². The molecule has 0 saturated carbocycles. The van der Waals surface area contributed by atoms with Crippen LogP contribution < -0.4 is 5.73 Å². The molecule has 3 N–H and O–H groups in total. The Kier molecular flexibility index (Phi) is 3.55. The monoisotopic (exact) mass is 294 g/mol. The number of nitrogens with one attached hydrogen (secondary N) is 1. The third kappa shape index (κ3) is 2.30. The molecule has 2 aromatic heterocycles. The van der Waals surface area contributed by atoms with E-state index >= 15 is 0 Å². The highest BCUT2D eigenvalue weighted by Gasteiger charge is 2.19. The van der Waals surface area contributed by atoms with E-state index in [9.17, 15) is 4.39 Å². The number of fused-ring (bicyclic) bond motifs is 1. The predicted molar refractivity (Wildman–Crippen MR) is 85.3 cm³/mol. The number of amidine groups is 1. The Morgan fingerprint density at radius 3 is 2.73 bits per heavy atom. The van der Waals surface area contributed by atoms with Gasteiger partial charge in [0.25, 0.3) is 0 Å². The summed E-state index contributed by atoms with van der Waals surface area (Å²) in [6.07, 6.45) is 2.34. The van der Waals surface area contributed by atoms with Gasteiger partial charge in [-0.2, -0.15) is 0 Å². The first-order chi connectivity index (χ1) is 10.6. The van der Waals surface area contributed by atoms with Crippen molar-refractivity contribution in [3.8, 4) is 11.3 Å². The van der Waals surface area contributed by atoms with Crippen molar-refractivity contribution in [3.05, 3.63) is 59.7 Å². The lowest BCUT2D eigenvalue weighted by molar-refractivity contribution is 0.629. The number of hydrogen-bond donors (Lipinski definition) is 2.